The Bertz CT molecular complexity index is 466. The Morgan fingerprint density at radius 1 is 1.50 bits per heavy atom. The van der Waals surface area contributed by atoms with E-state index >= 15 is 0 Å². The molecule has 20 heavy (non-hydrogen) atoms. The molecule has 1 aromatic rings. The molecule has 3 rings (SSSR count). The van der Waals surface area contributed by atoms with Crippen LogP contribution in [0.4, 0.5) is 0 Å². The van der Waals surface area contributed by atoms with Crippen LogP contribution in [0, 0.1) is 6.92 Å². The monoisotopic (exact) mass is 279 g/mol. The van der Waals surface area contributed by atoms with Crippen molar-refractivity contribution in [3.8, 4) is 0 Å². The third kappa shape index (κ3) is 2.38. The number of aromatic nitrogens is 2. The number of ether oxygens (including phenoxy) is 2. The molecular formula is C15H25N3O2. The average molecular weight is 279 g/mol. The summed E-state index contributed by atoms with van der Waals surface area (Å²) in [5, 5.41) is 4.33. The second-order valence-electron chi connectivity index (χ2n) is 6.11. The van der Waals surface area contributed by atoms with E-state index in [0.29, 0.717) is 0 Å². The molecule has 5 nitrogen and oxygen atoms in total. The molecule has 2 aliphatic rings. The molecule has 0 unspecified atom stereocenters. The Balaban J connectivity index is 1.67. The summed E-state index contributed by atoms with van der Waals surface area (Å²) in [5.74, 6) is 0. The van der Waals surface area contributed by atoms with Crippen molar-refractivity contribution in [3.63, 3.8) is 0 Å². The van der Waals surface area contributed by atoms with Gasteiger partial charge < -0.3 is 9.47 Å². The quantitative estimate of drug-likeness (QED) is 0.840. The van der Waals surface area contributed by atoms with Crippen LogP contribution in [0.5, 0.6) is 0 Å². The van der Waals surface area contributed by atoms with E-state index in [2.05, 4.69) is 16.9 Å². The van der Waals surface area contributed by atoms with Gasteiger partial charge in [0.25, 0.3) is 0 Å². The maximum atomic E-state index is 6.04. The van der Waals surface area contributed by atoms with Crippen LogP contribution in [0.2, 0.25) is 0 Å². The van der Waals surface area contributed by atoms with Crippen LogP contribution in [0.25, 0.3) is 0 Å². The van der Waals surface area contributed by atoms with Gasteiger partial charge in [0.1, 0.15) is 0 Å². The zero-order valence-electron chi connectivity index (χ0n) is 12.8. The fourth-order valence-electron chi connectivity index (χ4n) is 3.54. The Kier molecular flexibility index (Phi) is 3.84. The number of hydrogen-bond donors (Lipinski definition) is 0. The summed E-state index contributed by atoms with van der Waals surface area (Å²) in [7, 11) is 3.81. The van der Waals surface area contributed by atoms with Crippen molar-refractivity contribution in [2.75, 3.05) is 26.8 Å². The maximum absolute atomic E-state index is 6.04. The normalized spacial score (nSPS) is 31.2. The van der Waals surface area contributed by atoms with E-state index in [-0.39, 0.29) is 11.7 Å². The first-order valence-corrected chi connectivity index (χ1v) is 7.51. The van der Waals surface area contributed by atoms with Crippen LogP contribution in [-0.2, 0) is 23.1 Å². The van der Waals surface area contributed by atoms with Crippen molar-refractivity contribution in [2.45, 2.75) is 44.4 Å². The highest BCUT2D eigenvalue weighted by atomic mass is 16.5. The minimum absolute atomic E-state index is 0.0186. The summed E-state index contributed by atoms with van der Waals surface area (Å²) in [6, 6.07) is 0. The van der Waals surface area contributed by atoms with Crippen LogP contribution in [-0.4, -0.2) is 53.2 Å². The molecule has 0 aliphatic carbocycles. The van der Waals surface area contributed by atoms with E-state index < -0.39 is 0 Å². The third-order valence-corrected chi connectivity index (χ3v) is 5.01. The minimum Gasteiger partial charge on any atom is -0.377 e. The number of hydrogen-bond acceptors (Lipinski definition) is 4. The number of likely N-dealkylation sites (tertiary alicyclic amines) is 1. The number of aryl methyl sites for hydroxylation is 1. The van der Waals surface area contributed by atoms with E-state index in [4.69, 9.17) is 9.47 Å². The average Bonchev–Trinajstić information content (AvgIpc) is 3.04. The predicted molar refractivity (Wildman–Crippen MR) is 76.6 cm³/mol. The lowest BCUT2D eigenvalue weighted by Crippen LogP contribution is -2.55. The highest BCUT2D eigenvalue weighted by Crippen LogP contribution is 2.37. The van der Waals surface area contributed by atoms with E-state index in [9.17, 15) is 0 Å². The Labute approximate surface area is 120 Å². The highest BCUT2D eigenvalue weighted by molar-refractivity contribution is 5.16. The molecule has 2 fully saturated rings. The standard InChI is InChI=1S/C15H25N3O2/c1-12-13(9-16-17(12)2)10-18-7-6-15(5-4-8-20-15)14(11-18)19-3/h9,14H,4-8,10-11H2,1-3H3/t14-,15-/m0/s1. The molecule has 0 saturated carbocycles. The zero-order valence-corrected chi connectivity index (χ0v) is 12.8. The van der Waals surface area contributed by atoms with Gasteiger partial charge in [0.15, 0.2) is 0 Å². The molecule has 2 atom stereocenters. The summed E-state index contributed by atoms with van der Waals surface area (Å²) in [6.07, 6.45) is 5.56. The SMILES string of the molecule is CO[C@H]1CN(Cc2cnn(C)c2C)CC[C@@]12CCCO2. The fourth-order valence-corrected chi connectivity index (χ4v) is 3.54. The molecule has 1 spiro atoms. The first-order valence-electron chi connectivity index (χ1n) is 7.51. The minimum atomic E-state index is -0.0186. The first kappa shape index (κ1) is 14.0. The Hall–Kier alpha value is -0.910. The number of piperidine rings is 1. The number of methoxy groups -OCH3 is 1. The van der Waals surface area contributed by atoms with Crippen molar-refractivity contribution in [2.24, 2.45) is 7.05 Å². The predicted octanol–water partition coefficient (Wildman–Crippen LogP) is 1.50. The van der Waals surface area contributed by atoms with Crippen LogP contribution in [0.15, 0.2) is 6.20 Å². The van der Waals surface area contributed by atoms with Gasteiger partial charge in [-0.2, -0.15) is 5.10 Å². The first-order chi connectivity index (χ1) is 9.64. The third-order valence-electron chi connectivity index (χ3n) is 5.01. The van der Waals surface area contributed by atoms with E-state index in [1.807, 2.05) is 25.0 Å². The van der Waals surface area contributed by atoms with Crippen molar-refractivity contribution in [3.05, 3.63) is 17.5 Å². The van der Waals surface area contributed by atoms with Gasteiger partial charge in [-0.15, -0.1) is 0 Å². The second kappa shape index (κ2) is 5.47. The molecule has 0 bridgehead atoms. The zero-order chi connectivity index (χ0) is 14.2. The lowest BCUT2D eigenvalue weighted by atomic mass is 9.85. The van der Waals surface area contributed by atoms with E-state index in [1.165, 1.54) is 17.7 Å². The molecule has 1 aromatic heterocycles. The molecule has 112 valence electrons. The van der Waals surface area contributed by atoms with Gasteiger partial charge >= 0.3 is 0 Å². The van der Waals surface area contributed by atoms with Gasteiger partial charge in [-0.25, -0.2) is 0 Å². The van der Waals surface area contributed by atoms with Crippen LogP contribution in [0.3, 0.4) is 0 Å². The van der Waals surface area contributed by atoms with Crippen LogP contribution >= 0.6 is 0 Å². The molecule has 2 aliphatic heterocycles. The smallest absolute Gasteiger partial charge is 0.0987 e. The molecule has 2 saturated heterocycles. The Morgan fingerprint density at radius 2 is 2.35 bits per heavy atom. The lowest BCUT2D eigenvalue weighted by Gasteiger charge is -2.44. The van der Waals surface area contributed by atoms with Crippen molar-refractivity contribution >= 4 is 0 Å². The van der Waals surface area contributed by atoms with E-state index in [1.54, 1.807) is 0 Å². The summed E-state index contributed by atoms with van der Waals surface area (Å²) in [6.45, 7) is 6.00. The van der Waals surface area contributed by atoms with Gasteiger partial charge in [-0.05, 0) is 26.2 Å². The van der Waals surface area contributed by atoms with Gasteiger partial charge in [0, 0.05) is 51.7 Å². The molecule has 0 radical (unpaired) electrons. The summed E-state index contributed by atoms with van der Waals surface area (Å²) >= 11 is 0. The topological polar surface area (TPSA) is 39.5 Å². The van der Waals surface area contributed by atoms with Gasteiger partial charge in [-0.1, -0.05) is 0 Å². The summed E-state index contributed by atoms with van der Waals surface area (Å²) in [5.41, 5.74) is 2.54. The molecular weight excluding hydrogens is 254 g/mol. The van der Waals surface area contributed by atoms with Gasteiger partial charge in [0.2, 0.25) is 0 Å². The summed E-state index contributed by atoms with van der Waals surface area (Å²) < 4.78 is 13.7. The van der Waals surface area contributed by atoms with Crippen molar-refractivity contribution in [1.29, 1.82) is 0 Å². The fraction of sp³-hybridized carbons (Fsp3) is 0.800. The Morgan fingerprint density at radius 3 is 2.95 bits per heavy atom. The van der Waals surface area contributed by atoms with E-state index in [0.717, 1.165) is 39.1 Å². The highest BCUT2D eigenvalue weighted by Gasteiger charge is 2.46. The largest absolute Gasteiger partial charge is 0.377 e. The molecule has 0 amide bonds. The molecule has 0 N–H and O–H groups in total. The van der Waals surface area contributed by atoms with Gasteiger partial charge in [0.05, 0.1) is 17.9 Å². The van der Waals surface area contributed by atoms with Gasteiger partial charge in [-0.3, -0.25) is 9.58 Å². The lowest BCUT2D eigenvalue weighted by molar-refractivity contribution is -0.143. The number of nitrogens with zero attached hydrogens (tertiary/aromatic N) is 3. The van der Waals surface area contributed by atoms with Crippen molar-refractivity contribution < 1.29 is 9.47 Å². The molecule has 5 heteroatoms. The second-order valence-corrected chi connectivity index (χ2v) is 6.11. The number of rotatable bonds is 3. The van der Waals surface area contributed by atoms with Crippen LogP contribution < -0.4 is 0 Å². The maximum Gasteiger partial charge on any atom is 0.0987 e. The molecule has 3 heterocycles. The van der Waals surface area contributed by atoms with Crippen LogP contribution in [0.1, 0.15) is 30.5 Å². The molecule has 0 aromatic carbocycles. The van der Waals surface area contributed by atoms with Crippen molar-refractivity contribution in [1.82, 2.24) is 14.7 Å². The summed E-state index contributed by atoms with van der Waals surface area (Å²) in [4.78, 5) is 2.46.